The normalized spacial score (nSPS) is 20.0. The van der Waals surface area contributed by atoms with Crippen LogP contribution in [0.5, 0.6) is 5.75 Å². The summed E-state index contributed by atoms with van der Waals surface area (Å²) in [6.07, 6.45) is 0.751. The maximum absolute atomic E-state index is 13.6. The third-order valence-corrected chi connectivity index (χ3v) is 8.09. The highest BCUT2D eigenvalue weighted by Crippen LogP contribution is 2.20. The maximum atomic E-state index is 13.6. The predicted molar refractivity (Wildman–Crippen MR) is 187 cm³/mol. The molecule has 14 nitrogen and oxygen atoms in total. The molecule has 5 amide bonds. The zero-order chi connectivity index (χ0) is 36.2. The van der Waals surface area contributed by atoms with Gasteiger partial charge in [0.1, 0.15) is 30.2 Å². The molecule has 268 valence electrons. The number of aromatic nitrogens is 3. The fourth-order valence-electron chi connectivity index (χ4n) is 5.54. The van der Waals surface area contributed by atoms with Crippen molar-refractivity contribution in [1.82, 2.24) is 40.9 Å². The van der Waals surface area contributed by atoms with Crippen LogP contribution in [-0.4, -0.2) is 87.5 Å². The second-order valence-corrected chi connectivity index (χ2v) is 12.8. The Bertz CT molecular complexity index is 1620. The van der Waals surface area contributed by atoms with Crippen LogP contribution in [0.15, 0.2) is 54.6 Å². The Morgan fingerprint density at radius 1 is 0.900 bits per heavy atom. The lowest BCUT2D eigenvalue weighted by molar-refractivity contribution is -0.137. The van der Waals surface area contributed by atoms with Gasteiger partial charge in [0, 0.05) is 18.7 Å². The van der Waals surface area contributed by atoms with Gasteiger partial charge >= 0.3 is 0 Å². The van der Waals surface area contributed by atoms with Gasteiger partial charge in [0.2, 0.25) is 29.5 Å². The van der Waals surface area contributed by atoms with Crippen molar-refractivity contribution in [3.63, 3.8) is 0 Å². The SMILES string of the molecule is CCOc1ccc(CC(=O)N2CCCNC(=O)Cn3nc(-c4ccccc4)nc3[C@H](C)NC(=O)[C@@H](CC(C)C)NC(=O)[C@@H](C)NC(=O)C2)cc1. The average Bonchev–Trinajstić information content (AvgIpc) is 3.50. The van der Waals surface area contributed by atoms with E-state index in [1.807, 2.05) is 51.1 Å². The number of carbonyl (C=O) groups is 5. The molecule has 4 N–H and O–H groups in total. The van der Waals surface area contributed by atoms with Crippen LogP contribution in [0.25, 0.3) is 11.4 Å². The zero-order valence-electron chi connectivity index (χ0n) is 29.4. The highest BCUT2D eigenvalue weighted by atomic mass is 16.5. The van der Waals surface area contributed by atoms with E-state index in [1.54, 1.807) is 31.2 Å². The molecule has 4 rings (SSSR count). The lowest BCUT2D eigenvalue weighted by Crippen LogP contribution is -2.54. The number of rotatable bonds is 7. The van der Waals surface area contributed by atoms with Gasteiger partial charge < -0.3 is 30.9 Å². The topological polar surface area (TPSA) is 177 Å². The van der Waals surface area contributed by atoms with Crippen LogP contribution in [0.3, 0.4) is 0 Å². The molecule has 0 unspecified atom stereocenters. The van der Waals surface area contributed by atoms with Gasteiger partial charge in [-0.25, -0.2) is 9.67 Å². The first-order chi connectivity index (χ1) is 23.9. The van der Waals surface area contributed by atoms with Gasteiger partial charge in [-0.3, -0.25) is 24.0 Å². The van der Waals surface area contributed by atoms with Crippen molar-refractivity contribution < 1.29 is 28.7 Å². The Kier molecular flexibility index (Phi) is 13.5. The fraction of sp³-hybridized carbons (Fsp3) is 0.472. The quantitative estimate of drug-likeness (QED) is 0.292. The zero-order valence-corrected chi connectivity index (χ0v) is 29.4. The first-order valence-electron chi connectivity index (χ1n) is 17.1. The Morgan fingerprint density at radius 3 is 2.30 bits per heavy atom. The fourth-order valence-corrected chi connectivity index (χ4v) is 5.54. The molecule has 14 heteroatoms. The van der Waals surface area contributed by atoms with Crippen LogP contribution in [-0.2, 0) is 36.9 Å². The van der Waals surface area contributed by atoms with Gasteiger partial charge in [-0.05, 0) is 57.2 Å². The average molecular weight is 689 g/mol. The van der Waals surface area contributed by atoms with Crippen LogP contribution >= 0.6 is 0 Å². The first kappa shape index (κ1) is 37.5. The van der Waals surface area contributed by atoms with Crippen molar-refractivity contribution in [1.29, 1.82) is 0 Å². The number of benzene rings is 2. The van der Waals surface area contributed by atoms with Gasteiger partial charge in [-0.2, -0.15) is 5.10 Å². The summed E-state index contributed by atoms with van der Waals surface area (Å²) < 4.78 is 6.95. The molecule has 0 bridgehead atoms. The standard InChI is InChI=1S/C36H48N8O6/c1-6-50-28-15-13-26(14-16-28)20-32(47)43-18-10-17-37-30(45)22-44-34(41-33(42-44)27-11-8-7-9-12-27)24(4)39-36(49)29(19-23(2)3)40-35(48)25(5)38-31(46)21-43/h7-9,11-16,23-25,29H,6,10,17-22H2,1-5H3,(H,37,45)(H,38,46)(H,39,49)(H,40,48)/t24-,25+,29+/m0/s1. The summed E-state index contributed by atoms with van der Waals surface area (Å²) in [6, 6.07) is 13.9. The number of carbonyl (C=O) groups excluding carboxylic acids is 5. The number of nitrogens with one attached hydrogen (secondary N) is 4. The van der Waals surface area contributed by atoms with Crippen LogP contribution in [0.2, 0.25) is 0 Å². The summed E-state index contributed by atoms with van der Waals surface area (Å²) in [4.78, 5) is 72.7. The van der Waals surface area contributed by atoms with E-state index in [0.29, 0.717) is 36.8 Å². The summed E-state index contributed by atoms with van der Waals surface area (Å²) in [5.41, 5.74) is 1.49. The van der Waals surface area contributed by atoms with Crippen molar-refractivity contribution >= 4 is 29.5 Å². The summed E-state index contributed by atoms with van der Waals surface area (Å²) in [5, 5.41) is 15.8. The number of fused-ring (bicyclic) bond motifs is 1. The Hall–Kier alpha value is -5.27. The number of amides is 5. The Balaban J connectivity index is 1.58. The molecule has 0 spiro atoms. The van der Waals surface area contributed by atoms with Crippen molar-refractivity contribution in [3.05, 3.63) is 66.0 Å². The van der Waals surface area contributed by atoms with E-state index in [-0.39, 0.29) is 50.3 Å². The highest BCUT2D eigenvalue weighted by Gasteiger charge is 2.29. The van der Waals surface area contributed by atoms with Crippen LogP contribution in [0.1, 0.15) is 64.9 Å². The number of ether oxygens (including phenoxy) is 1. The molecular formula is C36H48N8O6. The van der Waals surface area contributed by atoms with Crippen molar-refractivity contribution in [3.8, 4) is 17.1 Å². The lowest BCUT2D eigenvalue weighted by atomic mass is 10.0. The van der Waals surface area contributed by atoms with E-state index >= 15 is 0 Å². The van der Waals surface area contributed by atoms with Gasteiger partial charge in [0.05, 0.1) is 25.6 Å². The van der Waals surface area contributed by atoms with Gasteiger partial charge in [0.15, 0.2) is 5.82 Å². The second-order valence-electron chi connectivity index (χ2n) is 12.8. The monoisotopic (exact) mass is 688 g/mol. The molecule has 0 radical (unpaired) electrons. The largest absolute Gasteiger partial charge is 0.494 e. The minimum atomic E-state index is -0.983. The molecule has 0 saturated carbocycles. The smallest absolute Gasteiger partial charge is 0.243 e. The van der Waals surface area contributed by atoms with E-state index in [0.717, 1.165) is 11.1 Å². The van der Waals surface area contributed by atoms with Crippen LogP contribution in [0.4, 0.5) is 0 Å². The van der Waals surface area contributed by atoms with E-state index in [9.17, 15) is 24.0 Å². The van der Waals surface area contributed by atoms with Gasteiger partial charge in [-0.15, -0.1) is 0 Å². The first-order valence-corrected chi connectivity index (χ1v) is 17.1. The maximum Gasteiger partial charge on any atom is 0.243 e. The minimum absolute atomic E-state index is 0.0467. The number of nitrogens with zero attached hydrogens (tertiary/aromatic N) is 4. The molecule has 0 saturated heterocycles. The molecule has 1 aliphatic heterocycles. The van der Waals surface area contributed by atoms with E-state index < -0.39 is 35.8 Å². The molecule has 0 fully saturated rings. The summed E-state index contributed by atoms with van der Waals surface area (Å²) in [7, 11) is 0. The molecule has 3 atom stereocenters. The molecule has 2 heterocycles. The van der Waals surface area contributed by atoms with Gasteiger partial charge in [0.25, 0.3) is 0 Å². The predicted octanol–water partition coefficient (Wildman–Crippen LogP) is 2.15. The molecule has 1 aliphatic rings. The molecule has 0 aliphatic carbocycles. The van der Waals surface area contributed by atoms with Gasteiger partial charge in [-0.1, -0.05) is 56.3 Å². The second kappa shape index (κ2) is 17.9. The van der Waals surface area contributed by atoms with E-state index in [1.165, 1.54) is 16.5 Å². The molecule has 3 aromatic rings. The molecule has 1 aromatic heterocycles. The van der Waals surface area contributed by atoms with Crippen LogP contribution in [0, 0.1) is 5.92 Å². The molecule has 50 heavy (non-hydrogen) atoms. The molecular weight excluding hydrogens is 640 g/mol. The minimum Gasteiger partial charge on any atom is -0.494 e. The number of hydrogen-bond donors (Lipinski definition) is 4. The molecule has 2 aromatic carbocycles. The van der Waals surface area contributed by atoms with Crippen molar-refractivity contribution in [2.75, 3.05) is 26.2 Å². The Labute approximate surface area is 292 Å². The summed E-state index contributed by atoms with van der Waals surface area (Å²) in [6.45, 7) is 9.49. The summed E-state index contributed by atoms with van der Waals surface area (Å²) >= 11 is 0. The highest BCUT2D eigenvalue weighted by molar-refractivity contribution is 5.93. The summed E-state index contributed by atoms with van der Waals surface area (Å²) in [5.74, 6) is -0.628. The van der Waals surface area contributed by atoms with Crippen LogP contribution < -0.4 is 26.0 Å². The van der Waals surface area contributed by atoms with E-state index in [4.69, 9.17) is 4.74 Å². The van der Waals surface area contributed by atoms with Crippen molar-refractivity contribution in [2.45, 2.75) is 78.6 Å². The third-order valence-electron chi connectivity index (χ3n) is 8.09. The van der Waals surface area contributed by atoms with Crippen molar-refractivity contribution in [2.24, 2.45) is 5.92 Å². The number of hydrogen-bond acceptors (Lipinski definition) is 8. The van der Waals surface area contributed by atoms with E-state index in [2.05, 4.69) is 31.3 Å². The third kappa shape index (κ3) is 10.9. The Morgan fingerprint density at radius 2 is 1.62 bits per heavy atom. The lowest BCUT2D eigenvalue weighted by Gasteiger charge is -2.25.